The van der Waals surface area contributed by atoms with E-state index in [1.807, 2.05) is 0 Å². The third-order valence-corrected chi connectivity index (χ3v) is 4.90. The lowest BCUT2D eigenvalue weighted by molar-refractivity contribution is 0.601. The Morgan fingerprint density at radius 1 is 1.10 bits per heavy atom. The molecule has 2 N–H and O–H groups in total. The predicted octanol–water partition coefficient (Wildman–Crippen LogP) is 3.95. The Kier molecular flexibility index (Phi) is 4.57. The molecule has 106 valence electrons. The first kappa shape index (κ1) is 15.2. The molecule has 0 amide bonds. The van der Waals surface area contributed by atoms with E-state index >= 15 is 0 Å². The fourth-order valence-corrected chi connectivity index (χ4v) is 3.57. The Morgan fingerprint density at radius 2 is 1.75 bits per heavy atom. The van der Waals surface area contributed by atoms with Crippen LogP contribution in [0.5, 0.6) is 0 Å². The summed E-state index contributed by atoms with van der Waals surface area (Å²) in [6.45, 7) is 0. The lowest BCUT2D eigenvalue weighted by Gasteiger charge is -2.10. The second kappa shape index (κ2) is 6.03. The zero-order valence-electron chi connectivity index (χ0n) is 10.5. The lowest BCUT2D eigenvalue weighted by Crippen LogP contribution is -2.13. The van der Waals surface area contributed by atoms with Crippen molar-refractivity contribution in [2.24, 2.45) is 0 Å². The summed E-state index contributed by atoms with van der Waals surface area (Å²) in [6.07, 6.45) is 0. The van der Waals surface area contributed by atoms with Gasteiger partial charge < -0.3 is 5.32 Å². The van der Waals surface area contributed by atoms with E-state index in [-0.39, 0.29) is 4.90 Å². The Balaban J connectivity index is 2.30. The van der Waals surface area contributed by atoms with Crippen molar-refractivity contribution in [3.63, 3.8) is 0 Å². The minimum absolute atomic E-state index is 0.193. The van der Waals surface area contributed by atoms with Gasteiger partial charge in [0.05, 0.1) is 10.6 Å². The molecule has 0 bridgehead atoms. The molecule has 0 spiro atoms. The maximum Gasteiger partial charge on any atom is 0.261 e. The number of hydrogen-bond donors (Lipinski definition) is 2. The third kappa shape index (κ3) is 3.45. The summed E-state index contributed by atoms with van der Waals surface area (Å²) in [7, 11) is -1.85. The van der Waals surface area contributed by atoms with Crippen LogP contribution in [0.4, 0.5) is 11.4 Å². The average molecular weight is 376 g/mol. The molecule has 0 unspecified atom stereocenters. The molecule has 0 fully saturated rings. The van der Waals surface area contributed by atoms with Crippen LogP contribution in [0.3, 0.4) is 0 Å². The van der Waals surface area contributed by atoms with Crippen LogP contribution in [0, 0.1) is 0 Å². The van der Waals surface area contributed by atoms with Gasteiger partial charge in [-0.3, -0.25) is 4.72 Å². The Bertz CT molecular complexity index is 718. The number of sulfonamides is 1. The number of hydrogen-bond acceptors (Lipinski definition) is 3. The summed E-state index contributed by atoms with van der Waals surface area (Å²) in [6, 6.07) is 11.3. The number of anilines is 2. The molecule has 0 saturated carbocycles. The number of nitrogens with one attached hydrogen (secondary N) is 2. The van der Waals surface area contributed by atoms with Crippen LogP contribution >= 0.6 is 27.5 Å². The molecule has 7 heteroatoms. The van der Waals surface area contributed by atoms with Gasteiger partial charge in [-0.2, -0.15) is 0 Å². The summed E-state index contributed by atoms with van der Waals surface area (Å²) in [5, 5.41) is 3.46. The van der Waals surface area contributed by atoms with Crippen LogP contribution in [0.15, 0.2) is 51.8 Å². The monoisotopic (exact) mass is 374 g/mol. The molecule has 20 heavy (non-hydrogen) atoms. The zero-order valence-corrected chi connectivity index (χ0v) is 13.7. The van der Waals surface area contributed by atoms with Crippen molar-refractivity contribution in [2.45, 2.75) is 4.90 Å². The molecule has 2 rings (SSSR count). The van der Waals surface area contributed by atoms with Crippen molar-refractivity contribution in [3.05, 3.63) is 52.0 Å². The molecule has 2 aromatic carbocycles. The van der Waals surface area contributed by atoms with Crippen molar-refractivity contribution < 1.29 is 8.42 Å². The van der Waals surface area contributed by atoms with Gasteiger partial charge in [-0.15, -0.1) is 0 Å². The standard InChI is InChI=1S/C13H12BrClN2O2S/c1-16-10-3-5-11(6-4-10)20(18,19)17-13-7-2-9(15)8-12(13)14/h2-8,16-17H,1H3. The number of benzene rings is 2. The second-order valence-electron chi connectivity index (χ2n) is 4.00. The van der Waals surface area contributed by atoms with Crippen molar-refractivity contribution in [2.75, 3.05) is 17.1 Å². The lowest BCUT2D eigenvalue weighted by atomic mass is 10.3. The molecule has 0 atom stereocenters. The maximum absolute atomic E-state index is 12.3. The van der Waals surface area contributed by atoms with Crippen molar-refractivity contribution in [1.82, 2.24) is 0 Å². The molecule has 2 aromatic rings. The predicted molar refractivity (Wildman–Crippen MR) is 85.9 cm³/mol. The van der Waals surface area contributed by atoms with Gasteiger partial charge in [0.2, 0.25) is 0 Å². The highest BCUT2D eigenvalue weighted by molar-refractivity contribution is 9.10. The van der Waals surface area contributed by atoms with Crippen LogP contribution in [0.25, 0.3) is 0 Å². The van der Waals surface area contributed by atoms with E-state index in [9.17, 15) is 8.42 Å². The van der Waals surface area contributed by atoms with Gasteiger partial charge in [-0.25, -0.2) is 8.42 Å². The second-order valence-corrected chi connectivity index (χ2v) is 6.98. The van der Waals surface area contributed by atoms with E-state index in [0.29, 0.717) is 15.2 Å². The number of halogens is 2. The van der Waals surface area contributed by atoms with E-state index < -0.39 is 10.0 Å². The maximum atomic E-state index is 12.3. The summed E-state index contributed by atoms with van der Waals surface area (Å²) in [5.74, 6) is 0. The smallest absolute Gasteiger partial charge is 0.261 e. The van der Waals surface area contributed by atoms with Gasteiger partial charge in [0, 0.05) is 22.2 Å². The van der Waals surface area contributed by atoms with Crippen molar-refractivity contribution in [3.8, 4) is 0 Å². The van der Waals surface area contributed by atoms with E-state index in [1.165, 1.54) is 12.1 Å². The molecule has 0 radical (unpaired) electrons. The van der Waals surface area contributed by atoms with E-state index in [1.54, 1.807) is 37.4 Å². The summed E-state index contributed by atoms with van der Waals surface area (Å²) in [4.78, 5) is 0.193. The zero-order chi connectivity index (χ0) is 14.8. The average Bonchev–Trinajstić information content (AvgIpc) is 2.42. The molecule has 0 aliphatic heterocycles. The van der Waals surface area contributed by atoms with Crippen LogP contribution in [-0.4, -0.2) is 15.5 Å². The summed E-state index contributed by atoms with van der Waals surface area (Å²) in [5.41, 5.74) is 1.28. The Hall–Kier alpha value is -1.24. The van der Waals surface area contributed by atoms with Gasteiger partial charge in [0.15, 0.2) is 0 Å². The molecule has 0 heterocycles. The minimum atomic E-state index is -3.62. The fourth-order valence-electron chi connectivity index (χ4n) is 1.58. The van der Waals surface area contributed by atoms with Gasteiger partial charge in [0.1, 0.15) is 0 Å². The minimum Gasteiger partial charge on any atom is -0.388 e. The highest BCUT2D eigenvalue weighted by Crippen LogP contribution is 2.28. The first-order chi connectivity index (χ1) is 9.42. The van der Waals surface area contributed by atoms with Crippen LogP contribution in [-0.2, 0) is 10.0 Å². The van der Waals surface area contributed by atoms with Crippen LogP contribution in [0.1, 0.15) is 0 Å². The first-order valence-electron chi connectivity index (χ1n) is 5.68. The highest BCUT2D eigenvalue weighted by Gasteiger charge is 2.15. The van der Waals surface area contributed by atoms with Crippen LogP contribution < -0.4 is 10.0 Å². The molecule has 4 nitrogen and oxygen atoms in total. The molecule has 0 saturated heterocycles. The SMILES string of the molecule is CNc1ccc(S(=O)(=O)Nc2ccc(Cl)cc2Br)cc1. The van der Waals surface area contributed by atoms with Gasteiger partial charge in [-0.05, 0) is 58.4 Å². The molecular weight excluding hydrogens is 364 g/mol. The van der Waals surface area contributed by atoms with Crippen LogP contribution in [0.2, 0.25) is 5.02 Å². The Labute approximate surface area is 131 Å². The topological polar surface area (TPSA) is 58.2 Å². The summed E-state index contributed by atoms with van der Waals surface area (Å²) < 4.78 is 27.6. The molecule has 0 aliphatic carbocycles. The normalized spacial score (nSPS) is 11.2. The summed E-state index contributed by atoms with van der Waals surface area (Å²) >= 11 is 9.10. The van der Waals surface area contributed by atoms with Crippen molar-refractivity contribution in [1.29, 1.82) is 0 Å². The molecule has 0 aliphatic rings. The largest absolute Gasteiger partial charge is 0.388 e. The first-order valence-corrected chi connectivity index (χ1v) is 8.33. The quantitative estimate of drug-likeness (QED) is 0.851. The van der Waals surface area contributed by atoms with E-state index in [0.717, 1.165) is 5.69 Å². The van der Waals surface area contributed by atoms with E-state index in [2.05, 4.69) is 26.0 Å². The van der Waals surface area contributed by atoms with Crippen molar-refractivity contribution >= 4 is 48.9 Å². The van der Waals surface area contributed by atoms with E-state index in [4.69, 9.17) is 11.6 Å². The third-order valence-electron chi connectivity index (χ3n) is 2.63. The molecule has 0 aromatic heterocycles. The Morgan fingerprint density at radius 3 is 2.30 bits per heavy atom. The van der Waals surface area contributed by atoms with Gasteiger partial charge in [0.25, 0.3) is 10.0 Å². The highest BCUT2D eigenvalue weighted by atomic mass is 79.9. The van der Waals surface area contributed by atoms with Gasteiger partial charge >= 0.3 is 0 Å². The number of rotatable bonds is 4. The fraction of sp³-hybridized carbons (Fsp3) is 0.0769. The molecular formula is C13H12BrClN2O2S. The van der Waals surface area contributed by atoms with Gasteiger partial charge in [-0.1, -0.05) is 11.6 Å².